The number of aromatic nitrogens is 3. The van der Waals surface area contributed by atoms with Crippen molar-refractivity contribution in [3.63, 3.8) is 0 Å². The highest BCUT2D eigenvalue weighted by molar-refractivity contribution is 5.92. The van der Waals surface area contributed by atoms with Crippen LogP contribution in [-0.2, 0) is 41.6 Å². The van der Waals surface area contributed by atoms with Crippen LogP contribution in [0.15, 0.2) is 67.1 Å². The van der Waals surface area contributed by atoms with Gasteiger partial charge in [0.15, 0.2) is 0 Å². The third kappa shape index (κ3) is 15.9. The van der Waals surface area contributed by atoms with Crippen LogP contribution in [0.1, 0.15) is 77.3 Å². The van der Waals surface area contributed by atoms with Crippen LogP contribution in [0.3, 0.4) is 0 Å². The smallest absolute Gasteiger partial charge is 0.407 e. The first-order chi connectivity index (χ1) is 39.9. The number of pyridine rings is 1. The summed E-state index contributed by atoms with van der Waals surface area (Å²) in [4.78, 5) is 75.7. The molecule has 0 saturated carbocycles. The predicted molar refractivity (Wildman–Crippen MR) is 290 cm³/mol. The number of benzene rings is 2. The van der Waals surface area contributed by atoms with Crippen molar-refractivity contribution >= 4 is 35.6 Å². The number of aliphatic hydroxyl groups is 1. The Kier molecular flexibility index (Phi) is 20.9. The van der Waals surface area contributed by atoms with E-state index in [2.05, 4.69) is 46.5 Å². The normalized spacial score (nSPS) is 18.1. The topological polar surface area (TPSA) is 222 Å². The summed E-state index contributed by atoms with van der Waals surface area (Å²) in [5.74, 6) is 0.669. The highest BCUT2D eigenvalue weighted by Crippen LogP contribution is 2.43. The molecule has 86 heavy (non-hydrogen) atoms. The van der Waals surface area contributed by atoms with E-state index in [1.807, 2.05) is 38.6 Å². The summed E-state index contributed by atoms with van der Waals surface area (Å²) >= 11 is 0. The summed E-state index contributed by atoms with van der Waals surface area (Å²) in [7, 11) is 3.56. The minimum absolute atomic E-state index is 0.147. The van der Waals surface area contributed by atoms with E-state index in [1.165, 1.54) is 24.3 Å². The van der Waals surface area contributed by atoms with E-state index in [0.717, 1.165) is 26.6 Å². The first-order valence-electron chi connectivity index (χ1n) is 26.7. The van der Waals surface area contributed by atoms with Gasteiger partial charge in [0.2, 0.25) is 5.91 Å². The molecule has 0 aliphatic carbocycles. The first-order valence-corrected chi connectivity index (χ1v) is 26.7. The number of ether oxygens (including phenoxy) is 3. The molecule has 5 N–H and O–H groups in total. The molecule has 6 rings (SSSR count). The summed E-state index contributed by atoms with van der Waals surface area (Å²) in [6.07, 6.45) is -12.9. The van der Waals surface area contributed by atoms with E-state index in [4.69, 9.17) is 4.74 Å². The van der Waals surface area contributed by atoms with Crippen molar-refractivity contribution in [1.82, 2.24) is 46.0 Å². The van der Waals surface area contributed by atoms with Gasteiger partial charge in [0.05, 0.1) is 68.1 Å². The number of hydrazine groups is 1. The summed E-state index contributed by atoms with van der Waals surface area (Å²) in [5.41, 5.74) is -5.84. The average Bonchev–Trinajstić information content (AvgIpc) is 1.89. The number of nitrogens with one attached hydrogen (secondary N) is 4. The molecular formula is C57H68F10N10O9. The number of ketones is 1. The number of anilines is 1. The lowest BCUT2D eigenvalue weighted by Crippen LogP contribution is -2.63. The van der Waals surface area contributed by atoms with Gasteiger partial charge in [-0.05, 0) is 95.6 Å². The molecule has 2 aromatic carbocycles. The monoisotopic (exact) mass is 1230 g/mol. The van der Waals surface area contributed by atoms with E-state index in [0.29, 0.717) is 94.6 Å². The molecule has 2 aromatic heterocycles. The summed E-state index contributed by atoms with van der Waals surface area (Å²) in [6.45, 7) is 5.12. The van der Waals surface area contributed by atoms with Gasteiger partial charge in [0.1, 0.15) is 35.3 Å². The van der Waals surface area contributed by atoms with Gasteiger partial charge in [-0.3, -0.25) is 24.7 Å². The molecule has 0 radical (unpaired) electrons. The van der Waals surface area contributed by atoms with Crippen molar-refractivity contribution < 1.29 is 87.2 Å². The third-order valence-corrected chi connectivity index (χ3v) is 15.4. The van der Waals surface area contributed by atoms with Crippen LogP contribution in [0.2, 0.25) is 0 Å². The Morgan fingerprint density at radius 3 is 1.84 bits per heavy atom. The molecular weight excluding hydrogens is 1160 g/mol. The lowest BCUT2D eigenvalue weighted by molar-refractivity contribution is -0.221. The van der Waals surface area contributed by atoms with Crippen LogP contribution >= 0.6 is 0 Å². The second-order valence-corrected chi connectivity index (χ2v) is 23.3. The molecule has 0 spiro atoms. The van der Waals surface area contributed by atoms with E-state index in [-0.39, 0.29) is 33.2 Å². The van der Waals surface area contributed by atoms with E-state index in [9.17, 15) is 64.2 Å². The van der Waals surface area contributed by atoms with Crippen molar-refractivity contribution in [3.8, 4) is 23.0 Å². The van der Waals surface area contributed by atoms with Gasteiger partial charge in [-0.15, -0.1) is 0 Å². The Balaban J connectivity index is 1.33. The number of hydrogen-bond donors (Lipinski definition) is 5. The molecule has 4 heterocycles. The number of carbonyl (C=O) groups excluding carboxylic acids is 5. The highest BCUT2D eigenvalue weighted by atomic mass is 19.4. The molecule has 19 nitrogen and oxygen atoms in total. The standard InChI is InChI=1S/C57H68F10N10O9/c1-52(2)29-75(31-55(7,48(52)81)30-74(8)37-27-86-28-37)43-18-17-34(22-68-43)16-13-32-11-14-33(15-12-32)19-41(70-46(79)44(71-50(82)84-9)53(3,4)56(62,63)64)42(78)26-76(73-47(80)45(72-51(83)85-10)54(5,6)57(65,66)67)25-38-39(58)20-35(21-40(38)59)36-23-69-77(24-36)49(60)61/h11-12,14-15,17-18,20-24,37,41-42,44-45,49,78H,19,25-31H2,1-10H3,(H,70,79)(H,71,82)(H,72,83)(H,73,80)/t41-,42-,44+,45+,55?/m0/s1. The third-order valence-electron chi connectivity index (χ3n) is 15.4. The number of halogens is 10. The number of alkyl carbamates (subject to hydrolysis) is 2. The van der Waals surface area contributed by atoms with Gasteiger partial charge in [-0.1, -0.05) is 37.8 Å². The number of Topliss-reactive ketones (excluding diaryl/α,β-unsaturated/α-hetero) is 1. The van der Waals surface area contributed by atoms with Crippen molar-refractivity contribution in [2.75, 3.05) is 65.6 Å². The van der Waals surface area contributed by atoms with Gasteiger partial charge in [-0.25, -0.2) is 33.0 Å². The second kappa shape index (κ2) is 26.6. The molecule has 2 aliphatic rings. The minimum atomic E-state index is -5.24. The fraction of sp³-hybridized carbons (Fsp3) is 0.526. The molecule has 2 aliphatic heterocycles. The molecule has 2 saturated heterocycles. The largest absolute Gasteiger partial charge is 0.453 e. The lowest BCUT2D eigenvalue weighted by Gasteiger charge is -2.49. The molecule has 0 bridgehead atoms. The van der Waals surface area contributed by atoms with Crippen molar-refractivity contribution in [2.45, 2.75) is 111 Å². The number of carbonyl (C=O) groups is 5. The Morgan fingerprint density at radius 2 is 1.35 bits per heavy atom. The lowest BCUT2D eigenvalue weighted by atomic mass is 9.68. The fourth-order valence-corrected chi connectivity index (χ4v) is 9.93. The fourth-order valence-electron chi connectivity index (χ4n) is 9.93. The van der Waals surface area contributed by atoms with Gasteiger partial charge in [-0.2, -0.15) is 40.2 Å². The van der Waals surface area contributed by atoms with E-state index in [1.54, 1.807) is 23.6 Å². The Labute approximate surface area is 489 Å². The molecule has 4 amide bonds. The first kappa shape index (κ1) is 67.6. The second-order valence-electron chi connectivity index (χ2n) is 23.3. The van der Waals surface area contributed by atoms with Gasteiger partial charge < -0.3 is 40.2 Å². The average molecular weight is 1230 g/mol. The number of methoxy groups -OCH3 is 2. The zero-order valence-electron chi connectivity index (χ0n) is 48.6. The molecule has 1 unspecified atom stereocenters. The number of rotatable bonds is 21. The van der Waals surface area contributed by atoms with Crippen LogP contribution in [0.25, 0.3) is 11.1 Å². The maximum Gasteiger partial charge on any atom is 0.407 e. The number of nitrogens with zero attached hydrogens (tertiary/aromatic N) is 6. The van der Waals surface area contributed by atoms with Crippen LogP contribution in [0.5, 0.6) is 0 Å². The number of amides is 4. The molecule has 5 atom stereocenters. The van der Waals surface area contributed by atoms with Crippen molar-refractivity contribution in [3.05, 3.63) is 101 Å². The summed E-state index contributed by atoms with van der Waals surface area (Å²) < 4.78 is 161. The van der Waals surface area contributed by atoms with Gasteiger partial charge >= 0.3 is 31.1 Å². The minimum Gasteiger partial charge on any atom is -0.453 e. The number of hydrogen-bond acceptors (Lipinski definition) is 14. The molecule has 470 valence electrons. The highest BCUT2D eigenvalue weighted by Gasteiger charge is 2.57. The van der Waals surface area contributed by atoms with Gasteiger partial charge in [0.25, 0.3) is 5.91 Å². The number of aliphatic hydroxyl groups excluding tert-OH is 1. The predicted octanol–water partition coefficient (Wildman–Crippen LogP) is 7.32. The number of piperidine rings is 1. The zero-order chi connectivity index (χ0) is 64.1. The quantitative estimate of drug-likeness (QED) is 0.0314. The van der Waals surface area contributed by atoms with Gasteiger partial charge in [0, 0.05) is 72.8 Å². The van der Waals surface area contributed by atoms with Crippen LogP contribution in [0, 0.1) is 45.1 Å². The van der Waals surface area contributed by atoms with E-state index >= 15 is 8.78 Å². The Hall–Kier alpha value is -7.55. The van der Waals surface area contributed by atoms with Crippen molar-refractivity contribution in [1.29, 1.82) is 0 Å². The maximum absolute atomic E-state index is 16.1. The zero-order valence-corrected chi connectivity index (χ0v) is 48.6. The molecule has 29 heteroatoms. The SMILES string of the molecule is COC(=O)N[C@H](C(=O)N[C@@H](Cc1ccc(C#Cc2ccc(N3CC(C)(C)C(=O)C(C)(CN(C)C4COC4)C3)nc2)cc1)[C@@H](O)CN(Cc1c(F)cc(-c2cnn(C(F)F)c2)cc1F)NC(=O)[C@@H](NC(=O)OC)C(C)(C)C(F)(F)F)C(C)(C)C(F)(F)F. The number of alkyl halides is 8. The molecule has 2 fully saturated rings. The van der Waals surface area contributed by atoms with Crippen LogP contribution in [-0.4, -0.2) is 163 Å². The van der Waals surface area contributed by atoms with Crippen LogP contribution in [0.4, 0.5) is 59.3 Å². The van der Waals surface area contributed by atoms with E-state index < -0.39 is 126 Å². The summed E-state index contributed by atoms with van der Waals surface area (Å²) in [6, 6.07) is 4.22. The maximum atomic E-state index is 16.1. The van der Waals surface area contributed by atoms with Crippen molar-refractivity contribution in [2.24, 2.45) is 21.7 Å². The number of likely N-dealkylation sites (N-methyl/N-ethyl adjacent to an activating group) is 1. The molecule has 4 aromatic rings. The van der Waals surface area contributed by atoms with Crippen LogP contribution < -0.4 is 26.3 Å². The summed E-state index contributed by atoms with van der Waals surface area (Å²) in [5, 5.41) is 22.0. The Bertz CT molecular complexity index is 3120. The Morgan fingerprint density at radius 1 is 0.802 bits per heavy atom.